The fourth-order valence-electron chi connectivity index (χ4n) is 5.86. The molecule has 1 saturated carbocycles. The summed E-state index contributed by atoms with van der Waals surface area (Å²) in [4.78, 5) is 50.9. The molecule has 39 heavy (non-hydrogen) atoms. The molecule has 1 N–H and O–H groups in total. The summed E-state index contributed by atoms with van der Waals surface area (Å²) in [5, 5.41) is 12.5. The van der Waals surface area contributed by atoms with Gasteiger partial charge in [0.25, 0.3) is 0 Å². The standard InChI is InChI=1S/C31H40O8/c1-18-13-14-24(34)30(6,7)16-15-19(2)28(38-22(5)33)31(36)17-20(3)27(25(31)26(18)37-21(4)32)39-29(35)23-11-9-8-10-12-23/h8-12,15-16,19-20,25-28,36H,1,13-14,17H2,2-7H3/t19-,20+,25+,26+,27+,28-,31-/m1/s1. The number of benzene rings is 1. The summed E-state index contributed by atoms with van der Waals surface area (Å²) in [6.45, 7) is 13.9. The number of hydrogen-bond donors (Lipinski definition) is 1. The fraction of sp³-hybridized carbons (Fsp3) is 0.548. The van der Waals surface area contributed by atoms with Crippen molar-refractivity contribution in [2.24, 2.45) is 23.2 Å². The Morgan fingerprint density at radius 1 is 0.974 bits per heavy atom. The van der Waals surface area contributed by atoms with Crippen molar-refractivity contribution in [3.63, 3.8) is 0 Å². The van der Waals surface area contributed by atoms with E-state index >= 15 is 0 Å². The first-order valence-corrected chi connectivity index (χ1v) is 13.4. The van der Waals surface area contributed by atoms with Gasteiger partial charge in [0, 0.05) is 31.6 Å². The van der Waals surface area contributed by atoms with Crippen molar-refractivity contribution >= 4 is 23.7 Å². The molecule has 1 aromatic carbocycles. The van der Waals surface area contributed by atoms with Crippen molar-refractivity contribution in [2.75, 3.05) is 0 Å². The fourth-order valence-corrected chi connectivity index (χ4v) is 5.86. The Hall–Kier alpha value is -3.26. The first kappa shape index (κ1) is 30.3. The molecule has 0 aromatic heterocycles. The zero-order chi connectivity index (χ0) is 29.1. The smallest absolute Gasteiger partial charge is 0.338 e. The van der Waals surface area contributed by atoms with Crippen LogP contribution in [0, 0.1) is 23.2 Å². The van der Waals surface area contributed by atoms with Gasteiger partial charge in [0.2, 0.25) is 0 Å². The average molecular weight is 541 g/mol. The maximum atomic E-state index is 13.2. The van der Waals surface area contributed by atoms with Crippen molar-refractivity contribution in [2.45, 2.75) is 84.7 Å². The Morgan fingerprint density at radius 2 is 1.59 bits per heavy atom. The summed E-state index contributed by atoms with van der Waals surface area (Å²) in [6.07, 6.45) is 0.889. The maximum Gasteiger partial charge on any atom is 0.338 e. The number of fused-ring (bicyclic) bond motifs is 1. The molecule has 1 fully saturated rings. The van der Waals surface area contributed by atoms with Gasteiger partial charge in [-0.15, -0.1) is 0 Å². The van der Waals surface area contributed by atoms with Crippen LogP contribution >= 0.6 is 0 Å². The van der Waals surface area contributed by atoms with Gasteiger partial charge in [-0.2, -0.15) is 0 Å². The number of carbonyl (C=O) groups is 4. The molecule has 0 unspecified atom stereocenters. The lowest BCUT2D eigenvalue weighted by molar-refractivity contribution is -0.190. The van der Waals surface area contributed by atoms with Gasteiger partial charge in [-0.3, -0.25) is 14.4 Å². The van der Waals surface area contributed by atoms with Gasteiger partial charge < -0.3 is 19.3 Å². The van der Waals surface area contributed by atoms with Gasteiger partial charge in [-0.05, 0) is 50.3 Å². The molecular weight excluding hydrogens is 500 g/mol. The minimum absolute atomic E-state index is 0.0413. The molecule has 0 heterocycles. The number of esters is 3. The summed E-state index contributed by atoms with van der Waals surface area (Å²) in [6, 6.07) is 8.46. The van der Waals surface area contributed by atoms with Crippen LogP contribution < -0.4 is 0 Å². The topological polar surface area (TPSA) is 116 Å². The van der Waals surface area contributed by atoms with E-state index in [9.17, 15) is 24.3 Å². The third kappa shape index (κ3) is 6.67. The highest BCUT2D eigenvalue weighted by atomic mass is 16.6. The van der Waals surface area contributed by atoms with E-state index in [4.69, 9.17) is 14.2 Å². The molecule has 3 rings (SSSR count). The van der Waals surface area contributed by atoms with Crippen molar-refractivity contribution in [3.05, 3.63) is 60.2 Å². The Morgan fingerprint density at radius 3 is 2.18 bits per heavy atom. The van der Waals surface area contributed by atoms with Crippen LogP contribution in [0.5, 0.6) is 0 Å². The Bertz CT molecular complexity index is 1140. The molecule has 212 valence electrons. The quantitative estimate of drug-likeness (QED) is 0.335. The molecule has 8 nitrogen and oxygen atoms in total. The van der Waals surface area contributed by atoms with Crippen LogP contribution in [0.3, 0.4) is 0 Å². The minimum Gasteiger partial charge on any atom is -0.459 e. The number of aliphatic hydroxyl groups is 1. The molecular formula is C31H40O8. The second-order valence-corrected chi connectivity index (χ2v) is 11.5. The zero-order valence-electron chi connectivity index (χ0n) is 23.6. The number of rotatable bonds is 4. The Kier molecular flexibility index (Phi) is 9.21. The van der Waals surface area contributed by atoms with Crippen LogP contribution in [-0.4, -0.2) is 52.7 Å². The highest BCUT2D eigenvalue weighted by Gasteiger charge is 2.62. The molecule has 7 atom stereocenters. The van der Waals surface area contributed by atoms with Crippen LogP contribution in [-0.2, 0) is 28.6 Å². The molecule has 0 amide bonds. The molecule has 0 radical (unpaired) electrons. The van der Waals surface area contributed by atoms with Gasteiger partial charge in [0.15, 0.2) is 0 Å². The van der Waals surface area contributed by atoms with Crippen LogP contribution in [0.1, 0.15) is 71.2 Å². The summed E-state index contributed by atoms with van der Waals surface area (Å²) < 4.78 is 17.5. The number of ether oxygens (including phenoxy) is 3. The van der Waals surface area contributed by atoms with Crippen LogP contribution in [0.25, 0.3) is 0 Å². The lowest BCUT2D eigenvalue weighted by Gasteiger charge is -2.43. The van der Waals surface area contributed by atoms with E-state index in [1.165, 1.54) is 13.8 Å². The van der Waals surface area contributed by atoms with Crippen LogP contribution in [0.2, 0.25) is 0 Å². The number of Topliss-reactive ketones (excluding diaryl/α,β-unsaturated/α-hetero) is 1. The first-order chi connectivity index (χ1) is 18.2. The van der Waals surface area contributed by atoms with Gasteiger partial charge in [0.05, 0.1) is 11.5 Å². The van der Waals surface area contributed by atoms with Crippen LogP contribution in [0.15, 0.2) is 54.6 Å². The Labute approximate surface area is 230 Å². The number of carbonyl (C=O) groups excluding carboxylic acids is 4. The van der Waals surface area contributed by atoms with Gasteiger partial charge in [-0.1, -0.05) is 50.8 Å². The number of allylic oxidation sites excluding steroid dienone is 1. The molecule has 2 aliphatic carbocycles. The van der Waals surface area contributed by atoms with Crippen LogP contribution in [0.4, 0.5) is 0 Å². The van der Waals surface area contributed by atoms with E-state index in [0.29, 0.717) is 11.1 Å². The van der Waals surface area contributed by atoms with Crippen molar-refractivity contribution in [1.82, 2.24) is 0 Å². The lowest BCUT2D eigenvalue weighted by atomic mass is 9.73. The largest absolute Gasteiger partial charge is 0.459 e. The molecule has 1 aromatic rings. The van der Waals surface area contributed by atoms with Gasteiger partial charge in [0.1, 0.15) is 29.7 Å². The molecule has 8 heteroatoms. The van der Waals surface area contributed by atoms with E-state index < -0.39 is 65.0 Å². The molecule has 0 bridgehead atoms. The Balaban J connectivity index is 2.19. The summed E-state index contributed by atoms with van der Waals surface area (Å²) in [5.41, 5.74) is -1.83. The van der Waals surface area contributed by atoms with E-state index in [0.717, 1.165) is 0 Å². The highest BCUT2D eigenvalue weighted by Crippen LogP contribution is 2.50. The number of hydrogen-bond acceptors (Lipinski definition) is 8. The predicted molar refractivity (Wildman–Crippen MR) is 144 cm³/mol. The second kappa shape index (κ2) is 11.9. The maximum absolute atomic E-state index is 13.2. The van der Waals surface area contributed by atoms with E-state index in [1.807, 2.05) is 6.92 Å². The molecule has 0 spiro atoms. The monoisotopic (exact) mass is 540 g/mol. The summed E-state index contributed by atoms with van der Waals surface area (Å²) >= 11 is 0. The zero-order valence-corrected chi connectivity index (χ0v) is 23.6. The van der Waals surface area contributed by atoms with Crippen molar-refractivity contribution in [3.8, 4) is 0 Å². The van der Waals surface area contributed by atoms with E-state index in [1.54, 1.807) is 63.3 Å². The molecule has 0 saturated heterocycles. The third-order valence-corrected chi connectivity index (χ3v) is 7.89. The van der Waals surface area contributed by atoms with Gasteiger partial charge >= 0.3 is 17.9 Å². The second-order valence-electron chi connectivity index (χ2n) is 11.5. The third-order valence-electron chi connectivity index (χ3n) is 7.89. The first-order valence-electron chi connectivity index (χ1n) is 13.4. The normalized spacial score (nSPS) is 32.8. The molecule has 2 aliphatic rings. The van der Waals surface area contributed by atoms with E-state index in [-0.39, 0.29) is 25.0 Å². The minimum atomic E-state index is -1.76. The number of ketones is 1. The van der Waals surface area contributed by atoms with E-state index in [2.05, 4.69) is 6.58 Å². The highest BCUT2D eigenvalue weighted by molar-refractivity contribution is 5.89. The predicted octanol–water partition coefficient (Wildman–Crippen LogP) is 4.60. The summed E-state index contributed by atoms with van der Waals surface area (Å²) in [7, 11) is 0. The summed E-state index contributed by atoms with van der Waals surface area (Å²) in [5.74, 6) is -3.79. The SMILES string of the molecule is C=C1CCC(=O)C(C)(C)C=C[C@@H](C)[C@@H](OC(C)=O)[C@@]2(O)C[C@H](C)[C@H](OC(=O)c3ccccc3)[C@@H]2[C@H]1OC(C)=O. The van der Waals surface area contributed by atoms with Crippen molar-refractivity contribution < 1.29 is 38.5 Å². The average Bonchev–Trinajstić information content (AvgIpc) is 3.11. The van der Waals surface area contributed by atoms with Gasteiger partial charge in [-0.25, -0.2) is 4.79 Å². The van der Waals surface area contributed by atoms with Crippen molar-refractivity contribution in [1.29, 1.82) is 0 Å². The molecule has 0 aliphatic heterocycles. The lowest BCUT2D eigenvalue weighted by Crippen LogP contribution is -2.57.